The molecule has 1 aromatic carbocycles. The summed E-state index contributed by atoms with van der Waals surface area (Å²) >= 11 is 0. The van der Waals surface area contributed by atoms with Crippen molar-refractivity contribution in [3.8, 4) is 0 Å². The first kappa shape index (κ1) is 13.5. The molecule has 18 heavy (non-hydrogen) atoms. The predicted molar refractivity (Wildman–Crippen MR) is 73.3 cm³/mol. The van der Waals surface area contributed by atoms with Crippen LogP contribution in [0, 0.1) is 12.7 Å². The lowest BCUT2D eigenvalue weighted by atomic mass is 10.1. The molecule has 0 aliphatic carbocycles. The molecular formula is C15H23FN2. The molecule has 0 radical (unpaired) electrons. The lowest BCUT2D eigenvalue weighted by molar-refractivity contribution is 0.327. The number of rotatable bonds is 4. The van der Waals surface area contributed by atoms with Crippen molar-refractivity contribution in [3.05, 3.63) is 35.1 Å². The Morgan fingerprint density at radius 1 is 1.44 bits per heavy atom. The van der Waals surface area contributed by atoms with Crippen molar-refractivity contribution < 1.29 is 4.39 Å². The van der Waals surface area contributed by atoms with Crippen molar-refractivity contribution in [1.82, 2.24) is 10.2 Å². The molecule has 2 atom stereocenters. The summed E-state index contributed by atoms with van der Waals surface area (Å²) in [6.07, 6.45) is 2.19. The number of likely N-dealkylation sites (tertiary alicyclic amines) is 1. The third kappa shape index (κ3) is 3.30. The largest absolute Gasteiger partial charge is 0.312 e. The zero-order chi connectivity index (χ0) is 13.1. The highest BCUT2D eigenvalue weighted by molar-refractivity contribution is 5.26. The quantitative estimate of drug-likeness (QED) is 0.882. The number of halogens is 1. The number of aryl methyl sites for hydroxylation is 1. The van der Waals surface area contributed by atoms with Crippen molar-refractivity contribution in [2.75, 3.05) is 20.1 Å². The van der Waals surface area contributed by atoms with Gasteiger partial charge in [0.15, 0.2) is 0 Å². The Balaban J connectivity index is 1.79. The zero-order valence-corrected chi connectivity index (χ0v) is 11.5. The molecule has 0 spiro atoms. The summed E-state index contributed by atoms with van der Waals surface area (Å²) in [5.41, 5.74) is 2.29. The number of nitrogens with zero attached hydrogens (tertiary/aromatic N) is 1. The maximum absolute atomic E-state index is 13.0. The summed E-state index contributed by atoms with van der Waals surface area (Å²) in [7, 11) is 2.18. The van der Waals surface area contributed by atoms with Crippen molar-refractivity contribution >= 4 is 0 Å². The molecule has 2 rings (SSSR count). The lowest BCUT2D eigenvalue weighted by Gasteiger charge is -2.13. The summed E-state index contributed by atoms with van der Waals surface area (Å²) in [5, 5.41) is 3.60. The molecule has 0 saturated carbocycles. The van der Waals surface area contributed by atoms with E-state index in [0.29, 0.717) is 12.1 Å². The van der Waals surface area contributed by atoms with E-state index in [1.165, 1.54) is 12.0 Å². The van der Waals surface area contributed by atoms with Crippen LogP contribution in [-0.2, 0) is 6.42 Å². The van der Waals surface area contributed by atoms with Crippen molar-refractivity contribution in [3.63, 3.8) is 0 Å². The highest BCUT2D eigenvalue weighted by Gasteiger charge is 2.25. The Morgan fingerprint density at radius 2 is 2.22 bits per heavy atom. The molecule has 0 aromatic heterocycles. The molecule has 3 heteroatoms. The first-order valence-electron chi connectivity index (χ1n) is 6.75. The average molecular weight is 250 g/mol. The van der Waals surface area contributed by atoms with Crippen LogP contribution in [-0.4, -0.2) is 37.1 Å². The van der Waals surface area contributed by atoms with Crippen molar-refractivity contribution in [2.24, 2.45) is 0 Å². The number of benzene rings is 1. The van der Waals surface area contributed by atoms with Gasteiger partial charge >= 0.3 is 0 Å². The van der Waals surface area contributed by atoms with Gasteiger partial charge in [-0.15, -0.1) is 0 Å². The number of nitrogens with one attached hydrogen (secondary N) is 1. The normalized spacial score (nSPS) is 24.7. The SMILES string of the molecule is Cc1cc(F)ccc1CCNC1CC(C)N(C)C1. The second-order valence-corrected chi connectivity index (χ2v) is 5.50. The van der Waals surface area contributed by atoms with Crippen LogP contribution in [0.15, 0.2) is 18.2 Å². The maximum atomic E-state index is 13.0. The first-order chi connectivity index (χ1) is 8.56. The molecule has 1 aromatic rings. The van der Waals surface area contributed by atoms with Crippen LogP contribution in [0.25, 0.3) is 0 Å². The molecule has 100 valence electrons. The molecule has 0 bridgehead atoms. The molecule has 1 N–H and O–H groups in total. The number of likely N-dealkylation sites (N-methyl/N-ethyl adjacent to an activating group) is 1. The summed E-state index contributed by atoms with van der Waals surface area (Å²) in [6.45, 7) is 6.34. The van der Waals surface area contributed by atoms with Gasteiger partial charge in [0.25, 0.3) is 0 Å². The van der Waals surface area contributed by atoms with Crippen LogP contribution in [0.2, 0.25) is 0 Å². The summed E-state index contributed by atoms with van der Waals surface area (Å²) in [5.74, 6) is -0.143. The van der Waals surface area contributed by atoms with Crippen molar-refractivity contribution in [2.45, 2.75) is 38.8 Å². The van der Waals surface area contributed by atoms with Crippen LogP contribution in [0.5, 0.6) is 0 Å². The number of hydrogen-bond donors (Lipinski definition) is 1. The smallest absolute Gasteiger partial charge is 0.123 e. The first-order valence-corrected chi connectivity index (χ1v) is 6.75. The van der Waals surface area contributed by atoms with Gasteiger partial charge in [-0.25, -0.2) is 4.39 Å². The van der Waals surface area contributed by atoms with Crippen LogP contribution in [0.3, 0.4) is 0 Å². The van der Waals surface area contributed by atoms with E-state index in [1.807, 2.05) is 13.0 Å². The molecule has 0 amide bonds. The van der Waals surface area contributed by atoms with E-state index >= 15 is 0 Å². The fraction of sp³-hybridized carbons (Fsp3) is 0.600. The highest BCUT2D eigenvalue weighted by Crippen LogP contribution is 2.15. The monoisotopic (exact) mass is 250 g/mol. The van der Waals surface area contributed by atoms with E-state index in [-0.39, 0.29) is 5.82 Å². The Morgan fingerprint density at radius 3 is 2.83 bits per heavy atom. The molecule has 1 aliphatic rings. The molecule has 2 unspecified atom stereocenters. The van der Waals surface area contributed by atoms with Crippen molar-refractivity contribution in [1.29, 1.82) is 0 Å². The summed E-state index contributed by atoms with van der Waals surface area (Å²) in [4.78, 5) is 2.39. The Labute approximate surface area is 109 Å². The molecular weight excluding hydrogens is 227 g/mol. The van der Waals surface area contributed by atoms with Gasteiger partial charge in [-0.2, -0.15) is 0 Å². The molecule has 1 saturated heterocycles. The fourth-order valence-electron chi connectivity index (χ4n) is 2.69. The Kier molecular flexibility index (Phi) is 4.36. The van der Waals surface area contributed by atoms with Gasteiger partial charge in [0.2, 0.25) is 0 Å². The zero-order valence-electron chi connectivity index (χ0n) is 11.5. The molecule has 2 nitrogen and oxygen atoms in total. The lowest BCUT2D eigenvalue weighted by Crippen LogP contribution is -2.33. The minimum Gasteiger partial charge on any atom is -0.312 e. The summed E-state index contributed by atoms with van der Waals surface area (Å²) in [6, 6.07) is 6.34. The van der Waals surface area contributed by atoms with Gasteiger partial charge in [-0.1, -0.05) is 6.07 Å². The van der Waals surface area contributed by atoms with Gasteiger partial charge in [-0.05, 0) is 63.5 Å². The molecule has 1 fully saturated rings. The predicted octanol–water partition coefficient (Wildman–Crippen LogP) is 2.36. The minimum absolute atomic E-state index is 0.143. The maximum Gasteiger partial charge on any atom is 0.123 e. The Hall–Kier alpha value is -0.930. The van der Waals surface area contributed by atoms with E-state index in [9.17, 15) is 4.39 Å². The second kappa shape index (κ2) is 5.81. The van der Waals surface area contributed by atoms with Crippen LogP contribution in [0.4, 0.5) is 4.39 Å². The van der Waals surface area contributed by atoms with Gasteiger partial charge in [0.1, 0.15) is 5.82 Å². The van der Waals surface area contributed by atoms with Gasteiger partial charge in [-0.3, -0.25) is 0 Å². The van der Waals surface area contributed by atoms with E-state index in [4.69, 9.17) is 0 Å². The average Bonchev–Trinajstić information content (AvgIpc) is 2.61. The third-order valence-corrected chi connectivity index (χ3v) is 4.02. The van der Waals surface area contributed by atoms with Gasteiger partial charge in [0, 0.05) is 18.6 Å². The number of hydrogen-bond acceptors (Lipinski definition) is 2. The van der Waals surface area contributed by atoms with E-state index < -0.39 is 0 Å². The molecule has 1 heterocycles. The van der Waals surface area contributed by atoms with E-state index in [0.717, 1.165) is 25.1 Å². The van der Waals surface area contributed by atoms with Crippen LogP contribution in [0.1, 0.15) is 24.5 Å². The van der Waals surface area contributed by atoms with Crippen LogP contribution < -0.4 is 5.32 Å². The second-order valence-electron chi connectivity index (χ2n) is 5.50. The standard InChI is InChI=1S/C15H23FN2/c1-11-8-14(16)5-4-13(11)6-7-17-15-9-12(2)18(3)10-15/h4-5,8,12,15,17H,6-7,9-10H2,1-3H3. The Bertz CT molecular complexity index is 395. The summed E-state index contributed by atoms with van der Waals surface area (Å²) < 4.78 is 13.0. The molecule has 1 aliphatic heterocycles. The third-order valence-electron chi connectivity index (χ3n) is 4.02. The minimum atomic E-state index is -0.143. The van der Waals surface area contributed by atoms with Gasteiger partial charge < -0.3 is 10.2 Å². The topological polar surface area (TPSA) is 15.3 Å². The fourth-order valence-corrected chi connectivity index (χ4v) is 2.69. The van der Waals surface area contributed by atoms with Crippen LogP contribution >= 0.6 is 0 Å². The highest BCUT2D eigenvalue weighted by atomic mass is 19.1. The van der Waals surface area contributed by atoms with E-state index in [1.54, 1.807) is 12.1 Å². The van der Waals surface area contributed by atoms with Gasteiger partial charge in [0.05, 0.1) is 0 Å². The van der Waals surface area contributed by atoms with E-state index in [2.05, 4.69) is 24.2 Å².